The minimum absolute atomic E-state index is 0.0363. The highest BCUT2D eigenvalue weighted by Crippen LogP contribution is 2.46. The number of nitrogens with one attached hydrogen (secondary N) is 2. The van der Waals surface area contributed by atoms with E-state index < -0.39 is 17.4 Å². The normalized spacial score (nSPS) is 16.1. The molecule has 2 amide bonds. The number of hydrogen-bond donors (Lipinski definition) is 3. The molecule has 3 rings (SSSR count). The number of anilines is 1. The molecule has 0 saturated heterocycles. The molecule has 1 atom stereocenters. The van der Waals surface area contributed by atoms with Crippen molar-refractivity contribution in [2.45, 2.75) is 23.3 Å². The average Bonchev–Trinajstić information content (AvgIpc) is 3.34. The summed E-state index contributed by atoms with van der Waals surface area (Å²) >= 11 is 2.95. The first-order valence-electron chi connectivity index (χ1n) is 8.03. The summed E-state index contributed by atoms with van der Waals surface area (Å²) in [6.07, 6.45) is 3.76. The molecule has 1 aromatic heterocycles. The van der Waals surface area contributed by atoms with Gasteiger partial charge in [-0.25, -0.2) is 0 Å². The fraction of sp³-hybridized carbons (Fsp3) is 0.333. The molecule has 5 nitrogen and oxygen atoms in total. The van der Waals surface area contributed by atoms with Gasteiger partial charge in [0, 0.05) is 9.77 Å². The third kappa shape index (κ3) is 4.05. The van der Waals surface area contributed by atoms with E-state index in [2.05, 4.69) is 10.6 Å². The summed E-state index contributed by atoms with van der Waals surface area (Å²) in [7, 11) is 0. The van der Waals surface area contributed by atoms with Crippen LogP contribution in [-0.2, 0) is 15.2 Å². The second-order valence-electron chi connectivity index (χ2n) is 6.01. The van der Waals surface area contributed by atoms with E-state index in [1.165, 1.54) is 23.1 Å². The van der Waals surface area contributed by atoms with Crippen LogP contribution in [0, 0.1) is 5.92 Å². The van der Waals surface area contributed by atoms with E-state index in [9.17, 15) is 14.7 Å². The van der Waals surface area contributed by atoms with Crippen molar-refractivity contribution in [1.29, 1.82) is 0 Å². The third-order valence-electron chi connectivity index (χ3n) is 4.28. The summed E-state index contributed by atoms with van der Waals surface area (Å²) < 4.78 is 0. The maximum absolute atomic E-state index is 12.2. The summed E-state index contributed by atoms with van der Waals surface area (Å²) in [5, 5.41) is 18.1. The maximum atomic E-state index is 12.2. The summed E-state index contributed by atoms with van der Waals surface area (Å²) in [4.78, 5) is 26.0. The van der Waals surface area contributed by atoms with Crippen molar-refractivity contribution in [3.05, 3.63) is 46.7 Å². The molecule has 1 heterocycles. The van der Waals surface area contributed by atoms with Crippen molar-refractivity contribution >= 4 is 40.6 Å². The fourth-order valence-corrected chi connectivity index (χ4v) is 4.20. The van der Waals surface area contributed by atoms with Crippen molar-refractivity contribution < 1.29 is 14.7 Å². The summed E-state index contributed by atoms with van der Waals surface area (Å²) in [6, 6.07) is 11.0. The summed E-state index contributed by atoms with van der Waals surface area (Å²) in [5.74, 6) is -1.34. The van der Waals surface area contributed by atoms with E-state index in [1.54, 1.807) is 12.1 Å². The van der Waals surface area contributed by atoms with Gasteiger partial charge < -0.3 is 15.7 Å². The zero-order chi connectivity index (χ0) is 17.9. The molecule has 1 fully saturated rings. The Balaban J connectivity index is 1.62. The Morgan fingerprint density at radius 3 is 2.64 bits per heavy atom. The first kappa shape index (κ1) is 18.0. The van der Waals surface area contributed by atoms with Gasteiger partial charge >= 0.3 is 11.8 Å². The Kier molecular flexibility index (Phi) is 5.46. The second-order valence-corrected chi connectivity index (χ2v) is 7.81. The first-order valence-corrected chi connectivity index (χ1v) is 10.1. The Morgan fingerprint density at radius 2 is 2.00 bits per heavy atom. The number of amides is 2. The predicted octanol–water partition coefficient (Wildman–Crippen LogP) is 2.82. The molecule has 1 aliphatic carbocycles. The van der Waals surface area contributed by atoms with E-state index in [-0.39, 0.29) is 12.5 Å². The fourth-order valence-electron chi connectivity index (χ4n) is 2.74. The van der Waals surface area contributed by atoms with Crippen molar-refractivity contribution in [3.8, 4) is 0 Å². The molecule has 1 aromatic carbocycles. The van der Waals surface area contributed by atoms with E-state index in [1.807, 2.05) is 35.9 Å². The van der Waals surface area contributed by atoms with Crippen LogP contribution < -0.4 is 10.6 Å². The number of para-hydroxylation sites is 1. The molecule has 132 valence electrons. The van der Waals surface area contributed by atoms with Gasteiger partial charge in [-0.15, -0.1) is 23.1 Å². The lowest BCUT2D eigenvalue weighted by Crippen LogP contribution is -2.45. The van der Waals surface area contributed by atoms with Crippen LogP contribution in [0.2, 0.25) is 0 Å². The summed E-state index contributed by atoms with van der Waals surface area (Å²) in [5.41, 5.74) is -0.493. The van der Waals surface area contributed by atoms with E-state index in [0.29, 0.717) is 5.69 Å². The van der Waals surface area contributed by atoms with Crippen LogP contribution in [0.1, 0.15) is 17.7 Å². The number of benzene rings is 1. The molecule has 1 aliphatic rings. The quantitative estimate of drug-likeness (QED) is 0.535. The Labute approximate surface area is 154 Å². The SMILES string of the molecule is CSc1ccccc1NC(=O)C(=O)NCC(O)(c1cccs1)C1CC1. The lowest BCUT2D eigenvalue weighted by atomic mass is 9.95. The van der Waals surface area contributed by atoms with Gasteiger partial charge in [-0.2, -0.15) is 0 Å². The highest BCUT2D eigenvalue weighted by atomic mass is 32.2. The van der Waals surface area contributed by atoms with Crippen LogP contribution in [0.15, 0.2) is 46.7 Å². The molecule has 3 N–H and O–H groups in total. The number of rotatable bonds is 6. The predicted molar refractivity (Wildman–Crippen MR) is 101 cm³/mol. The highest BCUT2D eigenvalue weighted by molar-refractivity contribution is 7.98. The number of aliphatic hydroxyl groups is 1. The van der Waals surface area contributed by atoms with E-state index >= 15 is 0 Å². The van der Waals surface area contributed by atoms with Crippen molar-refractivity contribution in [2.75, 3.05) is 18.1 Å². The van der Waals surface area contributed by atoms with Crippen molar-refractivity contribution in [2.24, 2.45) is 5.92 Å². The number of thioether (sulfide) groups is 1. The molecule has 0 bridgehead atoms. The van der Waals surface area contributed by atoms with Gasteiger partial charge in [-0.3, -0.25) is 9.59 Å². The van der Waals surface area contributed by atoms with Crippen LogP contribution in [0.3, 0.4) is 0 Å². The Morgan fingerprint density at radius 1 is 1.24 bits per heavy atom. The molecule has 0 aliphatic heterocycles. The van der Waals surface area contributed by atoms with Crippen molar-refractivity contribution in [3.63, 3.8) is 0 Å². The van der Waals surface area contributed by atoms with Gasteiger partial charge in [0.25, 0.3) is 0 Å². The molecular weight excluding hydrogens is 356 g/mol. The number of carbonyl (C=O) groups excluding carboxylic acids is 2. The van der Waals surface area contributed by atoms with E-state index in [4.69, 9.17) is 0 Å². The molecule has 1 unspecified atom stereocenters. The molecule has 0 radical (unpaired) electrons. The smallest absolute Gasteiger partial charge is 0.313 e. The second kappa shape index (κ2) is 7.59. The van der Waals surface area contributed by atoms with Gasteiger partial charge in [-0.1, -0.05) is 18.2 Å². The molecular formula is C18H20N2O3S2. The lowest BCUT2D eigenvalue weighted by molar-refractivity contribution is -0.137. The minimum atomic E-state index is -1.10. The first-order chi connectivity index (χ1) is 12.0. The van der Waals surface area contributed by atoms with Crippen LogP contribution in [-0.4, -0.2) is 29.7 Å². The molecule has 25 heavy (non-hydrogen) atoms. The standard InChI is InChI=1S/C18H20N2O3S2/c1-24-14-6-3-2-5-13(14)20-17(22)16(21)19-11-18(23,12-8-9-12)15-7-4-10-25-15/h2-7,10,12,23H,8-9,11H2,1H3,(H,19,21)(H,20,22). The largest absolute Gasteiger partial charge is 0.382 e. The zero-order valence-electron chi connectivity index (χ0n) is 13.8. The molecule has 2 aromatic rings. The van der Waals surface area contributed by atoms with Gasteiger partial charge in [0.15, 0.2) is 0 Å². The monoisotopic (exact) mass is 376 g/mol. The van der Waals surface area contributed by atoms with Crippen LogP contribution in [0.4, 0.5) is 5.69 Å². The van der Waals surface area contributed by atoms with Gasteiger partial charge in [0.1, 0.15) is 5.60 Å². The molecule has 1 saturated carbocycles. The molecule has 7 heteroatoms. The number of carbonyl (C=O) groups is 2. The highest BCUT2D eigenvalue weighted by Gasteiger charge is 2.46. The van der Waals surface area contributed by atoms with Crippen LogP contribution in [0.25, 0.3) is 0 Å². The van der Waals surface area contributed by atoms with Gasteiger partial charge in [-0.05, 0) is 48.6 Å². The zero-order valence-corrected chi connectivity index (χ0v) is 15.5. The molecule has 0 spiro atoms. The summed E-state index contributed by atoms with van der Waals surface area (Å²) in [6.45, 7) is 0.0363. The number of thiophene rings is 1. The average molecular weight is 377 g/mol. The van der Waals surface area contributed by atoms with Gasteiger partial charge in [0.2, 0.25) is 0 Å². The topological polar surface area (TPSA) is 78.4 Å². The van der Waals surface area contributed by atoms with E-state index in [0.717, 1.165) is 22.6 Å². The maximum Gasteiger partial charge on any atom is 0.313 e. The van der Waals surface area contributed by atoms with Crippen LogP contribution >= 0.6 is 23.1 Å². The van der Waals surface area contributed by atoms with Gasteiger partial charge in [0.05, 0.1) is 12.2 Å². The van der Waals surface area contributed by atoms with Crippen molar-refractivity contribution in [1.82, 2.24) is 5.32 Å². The van der Waals surface area contributed by atoms with Crippen LogP contribution in [0.5, 0.6) is 0 Å². The minimum Gasteiger partial charge on any atom is -0.382 e. The third-order valence-corrected chi connectivity index (χ3v) is 6.11. The number of hydrogen-bond acceptors (Lipinski definition) is 5. The lowest BCUT2D eigenvalue weighted by Gasteiger charge is -2.27. The Bertz CT molecular complexity index is 759. The Hall–Kier alpha value is -1.83.